The van der Waals surface area contributed by atoms with Crippen molar-refractivity contribution in [2.75, 3.05) is 6.54 Å². The summed E-state index contributed by atoms with van der Waals surface area (Å²) >= 11 is 0. The maximum Gasteiger partial charge on any atom is 0.372 e. The van der Waals surface area contributed by atoms with Gasteiger partial charge in [-0.3, -0.25) is 4.68 Å². The SMILES string of the molecule is O=C(O)c1occc1CNCCn1cccn1. The number of carbonyl (C=O) groups is 1. The summed E-state index contributed by atoms with van der Waals surface area (Å²) in [4.78, 5) is 10.8. The molecule has 0 fully saturated rings. The van der Waals surface area contributed by atoms with Gasteiger partial charge in [0.1, 0.15) is 0 Å². The number of carboxylic acids is 1. The fraction of sp³-hybridized carbons (Fsp3) is 0.273. The van der Waals surface area contributed by atoms with Gasteiger partial charge in [-0.2, -0.15) is 5.10 Å². The number of hydrogen-bond donors (Lipinski definition) is 2. The highest BCUT2D eigenvalue weighted by Gasteiger charge is 2.12. The average Bonchev–Trinajstić information content (AvgIpc) is 2.95. The second-order valence-electron chi connectivity index (χ2n) is 3.53. The quantitative estimate of drug-likeness (QED) is 0.729. The van der Waals surface area contributed by atoms with Crippen molar-refractivity contribution in [3.8, 4) is 0 Å². The second kappa shape index (κ2) is 5.31. The molecule has 0 aliphatic carbocycles. The van der Waals surface area contributed by atoms with Gasteiger partial charge in [-0.05, 0) is 12.1 Å². The minimum atomic E-state index is -1.04. The van der Waals surface area contributed by atoms with Crippen LogP contribution in [0.5, 0.6) is 0 Å². The molecule has 0 atom stereocenters. The van der Waals surface area contributed by atoms with Gasteiger partial charge in [0.25, 0.3) is 0 Å². The number of nitrogens with zero attached hydrogens (tertiary/aromatic N) is 2. The van der Waals surface area contributed by atoms with Gasteiger partial charge in [-0.25, -0.2) is 4.79 Å². The van der Waals surface area contributed by atoms with Crippen LogP contribution < -0.4 is 5.32 Å². The summed E-state index contributed by atoms with van der Waals surface area (Å²) in [6.45, 7) is 1.93. The summed E-state index contributed by atoms with van der Waals surface area (Å²) < 4.78 is 6.68. The average molecular weight is 235 g/mol. The first-order valence-electron chi connectivity index (χ1n) is 5.25. The lowest BCUT2D eigenvalue weighted by atomic mass is 10.2. The van der Waals surface area contributed by atoms with Crippen LogP contribution in [0.3, 0.4) is 0 Å². The van der Waals surface area contributed by atoms with E-state index in [1.165, 1.54) is 6.26 Å². The number of aromatic carboxylic acids is 1. The monoisotopic (exact) mass is 235 g/mol. The number of hydrogen-bond acceptors (Lipinski definition) is 4. The van der Waals surface area contributed by atoms with E-state index in [1.807, 2.05) is 12.3 Å². The molecule has 6 heteroatoms. The summed E-state index contributed by atoms with van der Waals surface area (Å²) in [7, 11) is 0. The van der Waals surface area contributed by atoms with E-state index in [-0.39, 0.29) is 5.76 Å². The largest absolute Gasteiger partial charge is 0.475 e. The van der Waals surface area contributed by atoms with Crippen molar-refractivity contribution in [3.63, 3.8) is 0 Å². The van der Waals surface area contributed by atoms with E-state index in [4.69, 9.17) is 9.52 Å². The summed E-state index contributed by atoms with van der Waals surface area (Å²) in [5.74, 6) is -1.05. The Morgan fingerprint density at radius 3 is 3.18 bits per heavy atom. The van der Waals surface area contributed by atoms with Crippen LogP contribution >= 0.6 is 0 Å². The molecule has 2 heterocycles. The van der Waals surface area contributed by atoms with Crippen LogP contribution in [-0.2, 0) is 13.1 Å². The number of nitrogens with one attached hydrogen (secondary N) is 1. The van der Waals surface area contributed by atoms with Gasteiger partial charge in [0.05, 0.1) is 12.8 Å². The Labute approximate surface area is 97.9 Å². The Morgan fingerprint density at radius 2 is 2.47 bits per heavy atom. The molecule has 2 rings (SSSR count). The van der Waals surface area contributed by atoms with Crippen molar-refractivity contribution in [1.29, 1.82) is 0 Å². The minimum Gasteiger partial charge on any atom is -0.475 e. The van der Waals surface area contributed by atoms with Crippen LogP contribution in [0.2, 0.25) is 0 Å². The Morgan fingerprint density at radius 1 is 1.59 bits per heavy atom. The smallest absolute Gasteiger partial charge is 0.372 e. The predicted molar refractivity (Wildman–Crippen MR) is 59.6 cm³/mol. The molecule has 2 aromatic heterocycles. The molecule has 0 aliphatic heterocycles. The molecule has 0 saturated heterocycles. The molecular formula is C11H13N3O3. The molecule has 2 N–H and O–H groups in total. The molecule has 0 spiro atoms. The molecule has 0 aromatic carbocycles. The van der Waals surface area contributed by atoms with E-state index in [9.17, 15) is 4.79 Å². The number of rotatable bonds is 6. The van der Waals surface area contributed by atoms with E-state index in [1.54, 1.807) is 16.9 Å². The van der Waals surface area contributed by atoms with Crippen molar-refractivity contribution in [2.45, 2.75) is 13.1 Å². The standard InChI is InChI=1S/C11H13N3O3/c15-11(16)10-9(2-7-17-10)8-12-4-6-14-5-1-3-13-14/h1-3,5,7,12H,4,6,8H2,(H,15,16). The Bertz CT molecular complexity index is 476. The van der Waals surface area contributed by atoms with Crippen molar-refractivity contribution in [3.05, 3.63) is 42.1 Å². The van der Waals surface area contributed by atoms with Gasteiger partial charge in [0.15, 0.2) is 0 Å². The van der Waals surface area contributed by atoms with Crippen LogP contribution in [0.25, 0.3) is 0 Å². The van der Waals surface area contributed by atoms with Crippen LogP contribution in [0.4, 0.5) is 0 Å². The van der Waals surface area contributed by atoms with Crippen LogP contribution in [0.15, 0.2) is 35.2 Å². The third-order valence-electron chi connectivity index (χ3n) is 2.33. The normalized spacial score (nSPS) is 10.6. The maximum absolute atomic E-state index is 10.8. The lowest BCUT2D eigenvalue weighted by Gasteiger charge is -2.04. The third-order valence-corrected chi connectivity index (χ3v) is 2.33. The van der Waals surface area contributed by atoms with Crippen molar-refractivity contribution >= 4 is 5.97 Å². The topological polar surface area (TPSA) is 80.3 Å². The number of carboxylic acid groups (broad SMARTS) is 1. The Hall–Kier alpha value is -2.08. The third kappa shape index (κ3) is 2.94. The number of aromatic nitrogens is 2. The first-order chi connectivity index (χ1) is 8.27. The molecule has 17 heavy (non-hydrogen) atoms. The van der Waals surface area contributed by atoms with Gasteiger partial charge < -0.3 is 14.8 Å². The van der Waals surface area contributed by atoms with Crippen LogP contribution in [0, 0.1) is 0 Å². The van der Waals surface area contributed by atoms with E-state index >= 15 is 0 Å². The minimum absolute atomic E-state index is 0.00316. The highest BCUT2D eigenvalue weighted by atomic mass is 16.4. The highest BCUT2D eigenvalue weighted by Crippen LogP contribution is 2.09. The van der Waals surface area contributed by atoms with Gasteiger partial charge in [-0.1, -0.05) is 0 Å². The zero-order valence-electron chi connectivity index (χ0n) is 9.17. The molecule has 6 nitrogen and oxygen atoms in total. The summed E-state index contributed by atoms with van der Waals surface area (Å²) in [5, 5.41) is 16.0. The fourth-order valence-corrected chi connectivity index (χ4v) is 1.51. The molecule has 0 aliphatic rings. The van der Waals surface area contributed by atoms with Crippen molar-refractivity contribution in [2.24, 2.45) is 0 Å². The van der Waals surface area contributed by atoms with Gasteiger partial charge in [-0.15, -0.1) is 0 Å². The van der Waals surface area contributed by atoms with Crippen molar-refractivity contribution in [1.82, 2.24) is 15.1 Å². The van der Waals surface area contributed by atoms with E-state index < -0.39 is 5.97 Å². The van der Waals surface area contributed by atoms with Crippen molar-refractivity contribution < 1.29 is 14.3 Å². The zero-order chi connectivity index (χ0) is 12.1. The maximum atomic E-state index is 10.8. The Kier molecular flexibility index (Phi) is 3.56. The fourth-order valence-electron chi connectivity index (χ4n) is 1.51. The van der Waals surface area contributed by atoms with Crippen LogP contribution in [0.1, 0.15) is 16.1 Å². The van der Waals surface area contributed by atoms with E-state index in [0.717, 1.165) is 6.54 Å². The van der Waals surface area contributed by atoms with E-state index in [2.05, 4.69) is 10.4 Å². The molecule has 0 amide bonds. The summed E-state index contributed by atoms with van der Waals surface area (Å²) in [6, 6.07) is 3.52. The first-order valence-corrected chi connectivity index (χ1v) is 5.25. The highest BCUT2D eigenvalue weighted by molar-refractivity contribution is 5.86. The van der Waals surface area contributed by atoms with Gasteiger partial charge in [0, 0.05) is 31.0 Å². The van der Waals surface area contributed by atoms with Gasteiger partial charge >= 0.3 is 5.97 Å². The Balaban J connectivity index is 1.78. The molecule has 0 radical (unpaired) electrons. The predicted octanol–water partition coefficient (Wildman–Crippen LogP) is 0.964. The molecule has 90 valence electrons. The molecule has 0 bridgehead atoms. The van der Waals surface area contributed by atoms with Gasteiger partial charge in [0.2, 0.25) is 5.76 Å². The summed E-state index contributed by atoms with van der Waals surface area (Å²) in [6.07, 6.45) is 4.98. The molecule has 0 unspecified atom stereocenters. The molecule has 0 saturated carbocycles. The van der Waals surface area contributed by atoms with E-state index in [0.29, 0.717) is 18.7 Å². The van der Waals surface area contributed by atoms with Crippen LogP contribution in [-0.4, -0.2) is 27.4 Å². The second-order valence-corrected chi connectivity index (χ2v) is 3.53. The molecule has 2 aromatic rings. The zero-order valence-corrected chi connectivity index (χ0v) is 9.17. The first kappa shape index (κ1) is 11.4. The number of furan rings is 1. The lowest BCUT2D eigenvalue weighted by Crippen LogP contribution is -2.20. The lowest BCUT2D eigenvalue weighted by molar-refractivity contribution is 0.0660. The molecular weight excluding hydrogens is 222 g/mol. The summed E-state index contributed by atoms with van der Waals surface area (Å²) in [5.41, 5.74) is 0.651.